The summed E-state index contributed by atoms with van der Waals surface area (Å²) in [5.41, 5.74) is 2.39. The van der Waals surface area contributed by atoms with Crippen LogP contribution in [-0.4, -0.2) is 30.0 Å². The maximum absolute atomic E-state index is 12.3. The highest BCUT2D eigenvalue weighted by molar-refractivity contribution is 6.04. The quantitative estimate of drug-likeness (QED) is 0.518. The van der Waals surface area contributed by atoms with Crippen molar-refractivity contribution in [3.05, 3.63) is 65.2 Å². The van der Waals surface area contributed by atoms with E-state index in [1.165, 1.54) is 6.92 Å². The number of para-hydroxylation sites is 1. The number of amides is 1. The lowest BCUT2D eigenvalue weighted by Gasteiger charge is -2.18. The van der Waals surface area contributed by atoms with Crippen LogP contribution in [0.25, 0.3) is 0 Å². The van der Waals surface area contributed by atoms with Crippen LogP contribution >= 0.6 is 0 Å². The predicted molar refractivity (Wildman–Crippen MR) is 115 cm³/mol. The highest BCUT2D eigenvalue weighted by Crippen LogP contribution is 2.22. The first-order valence-electron chi connectivity index (χ1n) is 9.77. The van der Waals surface area contributed by atoms with Crippen molar-refractivity contribution in [2.24, 2.45) is 0 Å². The van der Waals surface area contributed by atoms with Crippen molar-refractivity contribution in [2.75, 3.05) is 11.9 Å². The Labute approximate surface area is 176 Å². The molecule has 0 aromatic heterocycles. The van der Waals surface area contributed by atoms with Crippen LogP contribution < -0.4 is 5.32 Å². The molecule has 2 aromatic carbocycles. The fraction of sp³-hybridized carbons (Fsp3) is 0.333. The number of esters is 1. The van der Waals surface area contributed by atoms with Gasteiger partial charge in [-0.05, 0) is 30.0 Å². The molecule has 2 rings (SSSR count). The van der Waals surface area contributed by atoms with E-state index in [1.807, 2.05) is 12.1 Å². The summed E-state index contributed by atoms with van der Waals surface area (Å²) in [4.78, 5) is 47.7. The molecule has 0 aliphatic rings. The van der Waals surface area contributed by atoms with Gasteiger partial charge < -0.3 is 10.1 Å². The Morgan fingerprint density at radius 3 is 2.13 bits per heavy atom. The number of rotatable bonds is 8. The highest BCUT2D eigenvalue weighted by atomic mass is 16.5. The Morgan fingerprint density at radius 1 is 0.900 bits per heavy atom. The number of ketones is 2. The molecule has 1 N–H and O–H groups in total. The van der Waals surface area contributed by atoms with Gasteiger partial charge in [0.1, 0.15) is 0 Å². The molecular formula is C24H27NO5. The summed E-state index contributed by atoms with van der Waals surface area (Å²) in [6, 6.07) is 13.9. The minimum absolute atomic E-state index is 0.00247. The molecule has 30 heavy (non-hydrogen) atoms. The molecule has 158 valence electrons. The number of ether oxygens (including phenoxy) is 1. The number of Topliss-reactive ketones (excluding diaryl/α,β-unsaturated/α-hetero) is 2. The predicted octanol–water partition coefficient (Wildman–Crippen LogP) is 4.33. The van der Waals surface area contributed by atoms with Gasteiger partial charge in [-0.1, -0.05) is 57.2 Å². The van der Waals surface area contributed by atoms with E-state index in [4.69, 9.17) is 4.74 Å². The Bertz CT molecular complexity index is 939. The maximum atomic E-state index is 12.3. The smallest absolute Gasteiger partial charge is 0.306 e. The van der Waals surface area contributed by atoms with Gasteiger partial charge >= 0.3 is 5.97 Å². The molecule has 0 bridgehead atoms. The Kier molecular flexibility index (Phi) is 7.64. The number of benzene rings is 2. The molecule has 0 fully saturated rings. The summed E-state index contributed by atoms with van der Waals surface area (Å²) in [5, 5.41) is 2.55. The average Bonchev–Trinajstić information content (AvgIpc) is 2.70. The van der Waals surface area contributed by atoms with E-state index in [9.17, 15) is 19.2 Å². The summed E-state index contributed by atoms with van der Waals surface area (Å²) in [6.07, 6.45) is -0.111. The van der Waals surface area contributed by atoms with Crippen LogP contribution in [0.2, 0.25) is 0 Å². The van der Waals surface area contributed by atoms with Crippen LogP contribution in [0, 0.1) is 0 Å². The van der Waals surface area contributed by atoms with E-state index in [-0.39, 0.29) is 29.8 Å². The number of hydrogen-bond donors (Lipinski definition) is 1. The first-order valence-corrected chi connectivity index (χ1v) is 9.77. The zero-order valence-corrected chi connectivity index (χ0v) is 17.8. The summed E-state index contributed by atoms with van der Waals surface area (Å²) in [7, 11) is 0. The van der Waals surface area contributed by atoms with E-state index in [0.717, 1.165) is 5.56 Å². The number of anilines is 1. The first kappa shape index (κ1) is 23.0. The van der Waals surface area contributed by atoms with Gasteiger partial charge in [0.05, 0.1) is 12.1 Å². The normalized spacial score (nSPS) is 10.9. The molecule has 0 radical (unpaired) electrons. The molecule has 0 aliphatic carbocycles. The van der Waals surface area contributed by atoms with Gasteiger partial charge in [0.15, 0.2) is 18.2 Å². The van der Waals surface area contributed by atoms with Crippen LogP contribution in [-0.2, 0) is 19.7 Å². The second-order valence-electron chi connectivity index (χ2n) is 8.06. The molecule has 2 aromatic rings. The van der Waals surface area contributed by atoms with Crippen LogP contribution in [0.5, 0.6) is 0 Å². The molecule has 6 nitrogen and oxygen atoms in total. The lowest BCUT2D eigenvalue weighted by atomic mass is 9.86. The van der Waals surface area contributed by atoms with E-state index < -0.39 is 18.5 Å². The second-order valence-corrected chi connectivity index (χ2v) is 8.06. The third-order valence-electron chi connectivity index (χ3n) is 4.57. The molecule has 1 amide bonds. The summed E-state index contributed by atoms with van der Waals surface area (Å²) in [5.74, 6) is -1.53. The Balaban J connectivity index is 1.80. The summed E-state index contributed by atoms with van der Waals surface area (Å²) >= 11 is 0. The van der Waals surface area contributed by atoms with Crippen molar-refractivity contribution < 1.29 is 23.9 Å². The van der Waals surface area contributed by atoms with Crippen molar-refractivity contribution >= 4 is 29.1 Å². The number of carbonyl (C=O) groups excluding carboxylic acids is 4. The van der Waals surface area contributed by atoms with Crippen LogP contribution in [0.1, 0.15) is 66.8 Å². The zero-order valence-electron chi connectivity index (χ0n) is 17.8. The minimum Gasteiger partial charge on any atom is -0.456 e. The highest BCUT2D eigenvalue weighted by Gasteiger charge is 2.16. The monoisotopic (exact) mass is 409 g/mol. The Morgan fingerprint density at radius 2 is 1.53 bits per heavy atom. The minimum atomic E-state index is -0.635. The summed E-state index contributed by atoms with van der Waals surface area (Å²) < 4.78 is 4.94. The van der Waals surface area contributed by atoms with Gasteiger partial charge in [0.2, 0.25) is 0 Å². The SMILES string of the molecule is CC(=O)c1ccccc1NC(=O)COC(=O)CCC(=O)c1ccc(C(C)(C)C)cc1. The second kappa shape index (κ2) is 9.96. The molecule has 0 spiro atoms. The lowest BCUT2D eigenvalue weighted by molar-refractivity contribution is -0.147. The largest absolute Gasteiger partial charge is 0.456 e. The third kappa shape index (κ3) is 6.65. The molecular weight excluding hydrogens is 382 g/mol. The maximum Gasteiger partial charge on any atom is 0.306 e. The molecule has 0 heterocycles. The van der Waals surface area contributed by atoms with Crippen molar-refractivity contribution in [2.45, 2.75) is 46.0 Å². The number of carbonyl (C=O) groups is 4. The third-order valence-corrected chi connectivity index (χ3v) is 4.57. The van der Waals surface area contributed by atoms with Crippen molar-refractivity contribution in [3.8, 4) is 0 Å². The van der Waals surface area contributed by atoms with Gasteiger partial charge in [0.25, 0.3) is 5.91 Å². The molecule has 0 saturated heterocycles. The fourth-order valence-electron chi connectivity index (χ4n) is 2.82. The van der Waals surface area contributed by atoms with E-state index in [0.29, 0.717) is 16.8 Å². The van der Waals surface area contributed by atoms with Gasteiger partial charge in [-0.2, -0.15) is 0 Å². The Hall–Kier alpha value is -3.28. The van der Waals surface area contributed by atoms with E-state index in [1.54, 1.807) is 36.4 Å². The van der Waals surface area contributed by atoms with Crippen molar-refractivity contribution in [1.82, 2.24) is 0 Å². The number of hydrogen-bond acceptors (Lipinski definition) is 5. The van der Waals surface area contributed by atoms with E-state index in [2.05, 4.69) is 26.1 Å². The number of nitrogens with one attached hydrogen (secondary N) is 1. The molecule has 0 atom stereocenters. The molecule has 0 saturated carbocycles. The molecule has 6 heteroatoms. The standard InChI is InChI=1S/C24H27NO5/c1-16(26)19-7-5-6-8-20(19)25-22(28)15-30-23(29)14-13-21(27)17-9-11-18(12-10-17)24(2,3)4/h5-12H,13-15H2,1-4H3,(H,25,28). The topological polar surface area (TPSA) is 89.5 Å². The van der Waals surface area contributed by atoms with Gasteiger partial charge in [0, 0.05) is 17.5 Å². The molecule has 0 unspecified atom stereocenters. The van der Waals surface area contributed by atoms with Crippen LogP contribution in [0.4, 0.5) is 5.69 Å². The fourth-order valence-corrected chi connectivity index (χ4v) is 2.82. The summed E-state index contributed by atoms with van der Waals surface area (Å²) in [6.45, 7) is 7.19. The molecule has 0 aliphatic heterocycles. The van der Waals surface area contributed by atoms with Crippen molar-refractivity contribution in [1.29, 1.82) is 0 Å². The van der Waals surface area contributed by atoms with Gasteiger partial charge in [-0.25, -0.2) is 0 Å². The zero-order chi connectivity index (χ0) is 22.3. The van der Waals surface area contributed by atoms with Crippen LogP contribution in [0.15, 0.2) is 48.5 Å². The first-order chi connectivity index (χ1) is 14.1. The van der Waals surface area contributed by atoms with Crippen LogP contribution in [0.3, 0.4) is 0 Å². The average molecular weight is 409 g/mol. The van der Waals surface area contributed by atoms with Gasteiger partial charge in [-0.15, -0.1) is 0 Å². The van der Waals surface area contributed by atoms with E-state index >= 15 is 0 Å². The van der Waals surface area contributed by atoms with Crippen molar-refractivity contribution in [3.63, 3.8) is 0 Å². The van der Waals surface area contributed by atoms with Gasteiger partial charge in [-0.3, -0.25) is 19.2 Å². The lowest BCUT2D eigenvalue weighted by Crippen LogP contribution is -2.22.